The van der Waals surface area contributed by atoms with Gasteiger partial charge in [-0.3, -0.25) is 0 Å². The van der Waals surface area contributed by atoms with Crippen molar-refractivity contribution in [2.45, 2.75) is 40.2 Å². The van der Waals surface area contributed by atoms with Gasteiger partial charge in [0.2, 0.25) is 0 Å². The van der Waals surface area contributed by atoms with Crippen LogP contribution in [0.4, 0.5) is 0 Å². The summed E-state index contributed by atoms with van der Waals surface area (Å²) < 4.78 is 8.50. The Morgan fingerprint density at radius 2 is 1.97 bits per heavy atom. The normalized spacial score (nSPS) is 11.5. The summed E-state index contributed by atoms with van der Waals surface area (Å²) in [6.45, 7) is 6.96. The molecule has 158 valence electrons. The van der Waals surface area contributed by atoms with Crippen molar-refractivity contribution in [3.63, 3.8) is 0 Å². The minimum absolute atomic E-state index is 0.298. The molecule has 0 aliphatic heterocycles. The van der Waals surface area contributed by atoms with Gasteiger partial charge in [0.15, 0.2) is 0 Å². The Labute approximate surface area is 175 Å². The standard InChI is InChI=1S/C22H27N5O3/c1-5-6-13-30-23-17(3)18-11-12-21(16(2)14-18)29-15-19-9-7-8-10-20(19)27-22(28)26(4)24-25-27/h7-12,14H,5-6,13,15H2,1-4H3/b23-17+. The zero-order valence-corrected chi connectivity index (χ0v) is 17.8. The maximum atomic E-state index is 12.2. The van der Waals surface area contributed by atoms with Crippen LogP contribution in [0.1, 0.15) is 43.4 Å². The minimum atomic E-state index is -0.307. The van der Waals surface area contributed by atoms with Crippen molar-refractivity contribution in [3.05, 3.63) is 69.6 Å². The molecule has 0 radical (unpaired) electrons. The molecule has 3 rings (SSSR count). The first-order valence-corrected chi connectivity index (χ1v) is 9.99. The van der Waals surface area contributed by atoms with Gasteiger partial charge in [0.25, 0.3) is 0 Å². The molecule has 0 saturated carbocycles. The Morgan fingerprint density at radius 3 is 2.67 bits per heavy atom. The van der Waals surface area contributed by atoms with Crippen LogP contribution >= 0.6 is 0 Å². The topological polar surface area (TPSA) is 83.5 Å². The van der Waals surface area contributed by atoms with Gasteiger partial charge in [0.05, 0.1) is 11.4 Å². The molecule has 0 aliphatic rings. The second kappa shape index (κ2) is 9.87. The number of para-hydroxylation sites is 1. The van der Waals surface area contributed by atoms with Crippen LogP contribution in [-0.4, -0.2) is 32.1 Å². The molecule has 8 nitrogen and oxygen atoms in total. The fraction of sp³-hybridized carbons (Fsp3) is 0.364. The molecule has 0 bridgehead atoms. The summed E-state index contributed by atoms with van der Waals surface area (Å²) in [6.07, 6.45) is 2.07. The van der Waals surface area contributed by atoms with Gasteiger partial charge >= 0.3 is 5.69 Å². The number of hydrogen-bond acceptors (Lipinski definition) is 6. The van der Waals surface area contributed by atoms with Gasteiger partial charge in [-0.15, -0.1) is 0 Å². The van der Waals surface area contributed by atoms with E-state index < -0.39 is 0 Å². The van der Waals surface area contributed by atoms with E-state index in [1.54, 1.807) is 7.05 Å². The molecule has 8 heteroatoms. The maximum Gasteiger partial charge on any atom is 0.368 e. The van der Waals surface area contributed by atoms with Crippen molar-refractivity contribution in [2.75, 3.05) is 6.61 Å². The molecule has 1 aromatic heterocycles. The van der Waals surface area contributed by atoms with Gasteiger partial charge < -0.3 is 9.57 Å². The van der Waals surface area contributed by atoms with Crippen LogP contribution in [0.5, 0.6) is 5.75 Å². The highest BCUT2D eigenvalue weighted by Gasteiger charge is 2.12. The third kappa shape index (κ3) is 4.94. The first-order valence-electron chi connectivity index (χ1n) is 9.99. The molecule has 0 fully saturated rings. The van der Waals surface area contributed by atoms with E-state index in [1.165, 1.54) is 9.36 Å². The molecule has 30 heavy (non-hydrogen) atoms. The van der Waals surface area contributed by atoms with Gasteiger partial charge in [0, 0.05) is 12.6 Å². The van der Waals surface area contributed by atoms with Crippen molar-refractivity contribution in [1.82, 2.24) is 19.8 Å². The smallest absolute Gasteiger partial charge is 0.368 e. The van der Waals surface area contributed by atoms with E-state index in [-0.39, 0.29) is 5.69 Å². The first-order chi connectivity index (χ1) is 14.5. The van der Waals surface area contributed by atoms with E-state index >= 15 is 0 Å². The molecule has 3 aromatic rings. The third-order valence-electron chi connectivity index (χ3n) is 4.71. The molecular formula is C22H27N5O3. The number of aryl methyl sites for hydroxylation is 2. The third-order valence-corrected chi connectivity index (χ3v) is 4.71. The van der Waals surface area contributed by atoms with Gasteiger partial charge in [-0.1, -0.05) is 36.7 Å². The molecule has 0 unspecified atom stereocenters. The molecule has 2 aromatic carbocycles. The summed E-state index contributed by atoms with van der Waals surface area (Å²) in [6, 6.07) is 13.4. The van der Waals surface area contributed by atoms with Crippen LogP contribution < -0.4 is 10.4 Å². The van der Waals surface area contributed by atoms with E-state index in [2.05, 4.69) is 22.5 Å². The molecule has 1 heterocycles. The monoisotopic (exact) mass is 409 g/mol. The Bertz CT molecular complexity index is 1080. The number of oxime groups is 1. The Balaban J connectivity index is 1.73. The van der Waals surface area contributed by atoms with E-state index in [1.807, 2.05) is 56.3 Å². The number of benzene rings is 2. The summed E-state index contributed by atoms with van der Waals surface area (Å²) in [5, 5.41) is 11.9. The van der Waals surface area contributed by atoms with Crippen LogP contribution in [0.3, 0.4) is 0 Å². The maximum absolute atomic E-state index is 12.2. The predicted octanol–water partition coefficient (Wildman–Crippen LogP) is 3.39. The van der Waals surface area contributed by atoms with E-state index in [9.17, 15) is 4.79 Å². The number of unbranched alkanes of at least 4 members (excludes halogenated alkanes) is 1. The van der Waals surface area contributed by atoms with E-state index in [4.69, 9.17) is 9.57 Å². The van der Waals surface area contributed by atoms with Crippen LogP contribution in [0, 0.1) is 6.92 Å². The lowest BCUT2D eigenvalue weighted by atomic mass is 10.1. The van der Waals surface area contributed by atoms with Gasteiger partial charge in [0.1, 0.15) is 19.0 Å². The van der Waals surface area contributed by atoms with Crippen molar-refractivity contribution >= 4 is 5.71 Å². The first kappa shape index (κ1) is 21.3. The molecule has 0 N–H and O–H groups in total. The molecule has 0 saturated heterocycles. The van der Waals surface area contributed by atoms with Crippen LogP contribution in [-0.2, 0) is 18.5 Å². The molecule has 0 aliphatic carbocycles. The summed E-state index contributed by atoms with van der Waals surface area (Å²) in [4.78, 5) is 17.5. The second-order valence-corrected chi connectivity index (χ2v) is 7.06. The largest absolute Gasteiger partial charge is 0.489 e. The number of rotatable bonds is 9. The Morgan fingerprint density at radius 1 is 1.17 bits per heavy atom. The van der Waals surface area contributed by atoms with Crippen LogP contribution in [0.25, 0.3) is 5.69 Å². The summed E-state index contributed by atoms with van der Waals surface area (Å²) >= 11 is 0. The van der Waals surface area contributed by atoms with Crippen molar-refractivity contribution in [1.29, 1.82) is 0 Å². The Kier molecular flexibility index (Phi) is 7.00. The summed E-state index contributed by atoms with van der Waals surface area (Å²) in [7, 11) is 1.57. The lowest BCUT2D eigenvalue weighted by Gasteiger charge is -2.13. The number of aromatic nitrogens is 4. The highest BCUT2D eigenvalue weighted by Crippen LogP contribution is 2.22. The molecule has 0 spiro atoms. The highest BCUT2D eigenvalue weighted by atomic mass is 16.6. The highest BCUT2D eigenvalue weighted by molar-refractivity contribution is 5.98. The summed E-state index contributed by atoms with van der Waals surface area (Å²) in [5.41, 5.74) is 3.99. The lowest BCUT2D eigenvalue weighted by Crippen LogP contribution is -2.23. The summed E-state index contributed by atoms with van der Waals surface area (Å²) in [5.74, 6) is 0.764. The molecule has 0 amide bonds. The Hall–Kier alpha value is -3.42. The average molecular weight is 409 g/mol. The van der Waals surface area contributed by atoms with Gasteiger partial charge in [-0.25, -0.2) is 4.79 Å². The lowest BCUT2D eigenvalue weighted by molar-refractivity contribution is 0.141. The fourth-order valence-corrected chi connectivity index (χ4v) is 2.90. The quantitative estimate of drug-likeness (QED) is 0.307. The number of nitrogens with zero attached hydrogens (tertiary/aromatic N) is 5. The number of hydrogen-bond donors (Lipinski definition) is 0. The zero-order valence-electron chi connectivity index (χ0n) is 17.8. The minimum Gasteiger partial charge on any atom is -0.489 e. The SMILES string of the molecule is CCCCO/N=C(\C)c1ccc(OCc2ccccc2-n2nnn(C)c2=O)c(C)c1. The van der Waals surface area contributed by atoms with E-state index in [0.717, 1.165) is 41.0 Å². The fourth-order valence-electron chi connectivity index (χ4n) is 2.90. The van der Waals surface area contributed by atoms with Gasteiger partial charge in [-0.05, 0) is 66.1 Å². The zero-order chi connectivity index (χ0) is 21.5. The number of tetrazole rings is 1. The second-order valence-electron chi connectivity index (χ2n) is 7.06. The van der Waals surface area contributed by atoms with Crippen molar-refractivity contribution < 1.29 is 9.57 Å². The average Bonchev–Trinajstić information content (AvgIpc) is 3.08. The van der Waals surface area contributed by atoms with Crippen molar-refractivity contribution in [2.24, 2.45) is 12.2 Å². The van der Waals surface area contributed by atoms with Crippen LogP contribution in [0.15, 0.2) is 52.4 Å². The van der Waals surface area contributed by atoms with E-state index in [0.29, 0.717) is 18.9 Å². The van der Waals surface area contributed by atoms with Crippen molar-refractivity contribution in [3.8, 4) is 11.4 Å². The molecule has 0 atom stereocenters. The number of ether oxygens (including phenoxy) is 1. The predicted molar refractivity (Wildman–Crippen MR) is 115 cm³/mol. The van der Waals surface area contributed by atoms with Gasteiger partial charge in [-0.2, -0.15) is 9.36 Å². The molecular weight excluding hydrogens is 382 g/mol. The van der Waals surface area contributed by atoms with Crippen LogP contribution in [0.2, 0.25) is 0 Å².